The minimum absolute atomic E-state index is 0.108. The molecule has 1 saturated carbocycles. The van der Waals surface area contributed by atoms with E-state index in [1.54, 1.807) is 6.20 Å². The standard InChI is InChI=1S/C11H17N3O/c12-11-10(2-1-5-13-11)14-7-8-3-4-9(15)6-8/h1-2,5,8-9,14-15H,3-4,6-7H2,(H2,12,13). The molecule has 4 heteroatoms. The summed E-state index contributed by atoms with van der Waals surface area (Å²) in [5.41, 5.74) is 6.60. The first-order chi connectivity index (χ1) is 7.25. The van der Waals surface area contributed by atoms with Gasteiger partial charge in [-0.15, -0.1) is 0 Å². The van der Waals surface area contributed by atoms with Crippen molar-refractivity contribution >= 4 is 11.5 Å². The van der Waals surface area contributed by atoms with Gasteiger partial charge in [-0.1, -0.05) is 0 Å². The highest BCUT2D eigenvalue weighted by Crippen LogP contribution is 2.26. The molecule has 0 aromatic carbocycles. The molecule has 1 heterocycles. The molecule has 0 spiro atoms. The molecular weight excluding hydrogens is 190 g/mol. The molecule has 2 atom stereocenters. The topological polar surface area (TPSA) is 71.2 Å². The molecule has 0 amide bonds. The summed E-state index contributed by atoms with van der Waals surface area (Å²) in [6.45, 7) is 0.868. The second-order valence-electron chi connectivity index (χ2n) is 4.15. The van der Waals surface area contributed by atoms with Gasteiger partial charge < -0.3 is 16.2 Å². The number of hydrogen-bond donors (Lipinski definition) is 3. The second-order valence-corrected chi connectivity index (χ2v) is 4.15. The monoisotopic (exact) mass is 207 g/mol. The van der Waals surface area contributed by atoms with Crippen LogP contribution in [0.25, 0.3) is 0 Å². The molecule has 0 radical (unpaired) electrons. The van der Waals surface area contributed by atoms with Crippen LogP contribution in [0.3, 0.4) is 0 Å². The molecule has 82 valence electrons. The van der Waals surface area contributed by atoms with Crippen molar-refractivity contribution in [3.63, 3.8) is 0 Å². The third-order valence-corrected chi connectivity index (χ3v) is 2.93. The molecule has 15 heavy (non-hydrogen) atoms. The SMILES string of the molecule is Nc1ncccc1NCC1CCC(O)C1. The van der Waals surface area contributed by atoms with Gasteiger partial charge >= 0.3 is 0 Å². The molecule has 1 aromatic heterocycles. The van der Waals surface area contributed by atoms with Gasteiger partial charge in [0.15, 0.2) is 0 Å². The third kappa shape index (κ3) is 2.59. The number of rotatable bonds is 3. The molecule has 4 N–H and O–H groups in total. The van der Waals surface area contributed by atoms with E-state index in [1.807, 2.05) is 12.1 Å². The fourth-order valence-electron chi connectivity index (χ4n) is 2.06. The van der Waals surface area contributed by atoms with Crippen molar-refractivity contribution in [3.05, 3.63) is 18.3 Å². The Kier molecular flexibility index (Phi) is 3.06. The van der Waals surface area contributed by atoms with Gasteiger partial charge in [-0.3, -0.25) is 0 Å². The van der Waals surface area contributed by atoms with E-state index in [1.165, 1.54) is 0 Å². The van der Waals surface area contributed by atoms with Crippen molar-refractivity contribution in [3.8, 4) is 0 Å². The van der Waals surface area contributed by atoms with Crippen molar-refractivity contribution in [2.45, 2.75) is 25.4 Å². The highest BCUT2D eigenvalue weighted by atomic mass is 16.3. The minimum Gasteiger partial charge on any atom is -0.393 e. The number of nitrogen functional groups attached to an aromatic ring is 1. The molecule has 2 unspecified atom stereocenters. The Morgan fingerprint density at radius 2 is 2.40 bits per heavy atom. The molecule has 4 nitrogen and oxygen atoms in total. The molecule has 0 saturated heterocycles. The summed E-state index contributed by atoms with van der Waals surface area (Å²) in [7, 11) is 0. The highest BCUT2D eigenvalue weighted by molar-refractivity contribution is 5.60. The fourth-order valence-corrected chi connectivity index (χ4v) is 2.06. The summed E-state index contributed by atoms with van der Waals surface area (Å²) in [5.74, 6) is 1.09. The zero-order valence-corrected chi connectivity index (χ0v) is 8.69. The van der Waals surface area contributed by atoms with Crippen LogP contribution in [-0.4, -0.2) is 22.7 Å². The van der Waals surface area contributed by atoms with E-state index in [0.717, 1.165) is 31.5 Å². The summed E-state index contributed by atoms with van der Waals surface area (Å²) in [4.78, 5) is 4.01. The molecule has 0 aliphatic heterocycles. The predicted octanol–water partition coefficient (Wildman–Crippen LogP) is 1.24. The Hall–Kier alpha value is -1.29. The zero-order valence-electron chi connectivity index (χ0n) is 8.69. The first kappa shape index (κ1) is 10.2. The third-order valence-electron chi connectivity index (χ3n) is 2.93. The fraction of sp³-hybridized carbons (Fsp3) is 0.545. The smallest absolute Gasteiger partial charge is 0.146 e. The number of pyridine rings is 1. The van der Waals surface area contributed by atoms with E-state index < -0.39 is 0 Å². The summed E-state index contributed by atoms with van der Waals surface area (Å²) >= 11 is 0. The van der Waals surface area contributed by atoms with Crippen molar-refractivity contribution in [2.24, 2.45) is 5.92 Å². The first-order valence-corrected chi connectivity index (χ1v) is 5.38. The van der Waals surface area contributed by atoms with Gasteiger partial charge in [-0.2, -0.15) is 0 Å². The van der Waals surface area contributed by atoms with Gasteiger partial charge in [0.2, 0.25) is 0 Å². The van der Waals surface area contributed by atoms with Crippen molar-refractivity contribution in [1.29, 1.82) is 0 Å². The van der Waals surface area contributed by atoms with Crippen LogP contribution in [-0.2, 0) is 0 Å². The number of hydrogen-bond acceptors (Lipinski definition) is 4. The van der Waals surface area contributed by atoms with Gasteiger partial charge in [-0.05, 0) is 37.3 Å². The van der Waals surface area contributed by atoms with E-state index in [-0.39, 0.29) is 6.10 Å². The number of aliphatic hydroxyl groups is 1. The first-order valence-electron chi connectivity index (χ1n) is 5.38. The normalized spacial score (nSPS) is 25.4. The van der Waals surface area contributed by atoms with Gasteiger partial charge in [0.1, 0.15) is 5.82 Å². The number of aromatic nitrogens is 1. The second kappa shape index (κ2) is 4.49. The summed E-state index contributed by atoms with van der Waals surface area (Å²) in [5, 5.41) is 12.7. The molecule has 1 aliphatic carbocycles. The van der Waals surface area contributed by atoms with Crippen LogP contribution in [0.4, 0.5) is 11.5 Å². The maximum absolute atomic E-state index is 9.39. The molecule has 1 aromatic rings. The number of nitrogens with zero attached hydrogens (tertiary/aromatic N) is 1. The lowest BCUT2D eigenvalue weighted by Gasteiger charge is -2.12. The Morgan fingerprint density at radius 3 is 3.07 bits per heavy atom. The van der Waals surface area contributed by atoms with E-state index in [9.17, 15) is 5.11 Å². The van der Waals surface area contributed by atoms with E-state index in [0.29, 0.717) is 11.7 Å². The Bertz CT molecular complexity index is 329. The van der Waals surface area contributed by atoms with Crippen molar-refractivity contribution in [1.82, 2.24) is 4.98 Å². The zero-order chi connectivity index (χ0) is 10.7. The lowest BCUT2D eigenvalue weighted by Crippen LogP contribution is -2.13. The van der Waals surface area contributed by atoms with Gasteiger partial charge in [0.25, 0.3) is 0 Å². The highest BCUT2D eigenvalue weighted by Gasteiger charge is 2.22. The van der Waals surface area contributed by atoms with Crippen LogP contribution in [0, 0.1) is 5.92 Å². The summed E-state index contributed by atoms with van der Waals surface area (Å²) < 4.78 is 0. The Morgan fingerprint density at radius 1 is 1.53 bits per heavy atom. The molecule has 1 aliphatic rings. The maximum Gasteiger partial charge on any atom is 0.146 e. The molecule has 1 fully saturated rings. The van der Waals surface area contributed by atoms with E-state index in [2.05, 4.69) is 10.3 Å². The number of aliphatic hydroxyl groups excluding tert-OH is 1. The van der Waals surface area contributed by atoms with Crippen molar-refractivity contribution < 1.29 is 5.11 Å². The maximum atomic E-state index is 9.39. The van der Waals surface area contributed by atoms with Crippen LogP contribution >= 0.6 is 0 Å². The van der Waals surface area contributed by atoms with Crippen LogP contribution in [0.2, 0.25) is 0 Å². The van der Waals surface area contributed by atoms with Crippen LogP contribution in [0.1, 0.15) is 19.3 Å². The van der Waals surface area contributed by atoms with Crippen LogP contribution in [0.5, 0.6) is 0 Å². The molecular formula is C11H17N3O. The Balaban J connectivity index is 1.86. The quantitative estimate of drug-likeness (QED) is 0.697. The lowest BCUT2D eigenvalue weighted by molar-refractivity contribution is 0.178. The predicted molar refractivity (Wildman–Crippen MR) is 60.5 cm³/mol. The van der Waals surface area contributed by atoms with E-state index in [4.69, 9.17) is 5.73 Å². The van der Waals surface area contributed by atoms with Gasteiger partial charge in [0, 0.05) is 12.7 Å². The largest absolute Gasteiger partial charge is 0.393 e. The minimum atomic E-state index is -0.108. The van der Waals surface area contributed by atoms with Crippen LogP contribution < -0.4 is 11.1 Å². The average molecular weight is 207 g/mol. The molecule has 0 bridgehead atoms. The summed E-state index contributed by atoms with van der Waals surface area (Å²) in [6, 6.07) is 3.79. The number of anilines is 2. The summed E-state index contributed by atoms with van der Waals surface area (Å²) in [6.07, 6.45) is 4.49. The number of nitrogens with two attached hydrogens (primary N) is 1. The van der Waals surface area contributed by atoms with Gasteiger partial charge in [-0.25, -0.2) is 4.98 Å². The lowest BCUT2D eigenvalue weighted by atomic mass is 10.1. The molecule has 2 rings (SSSR count). The Labute approximate surface area is 89.5 Å². The average Bonchev–Trinajstić information content (AvgIpc) is 2.63. The van der Waals surface area contributed by atoms with E-state index >= 15 is 0 Å². The van der Waals surface area contributed by atoms with Gasteiger partial charge in [0.05, 0.1) is 11.8 Å². The van der Waals surface area contributed by atoms with Crippen LogP contribution in [0.15, 0.2) is 18.3 Å². The van der Waals surface area contributed by atoms with Crippen molar-refractivity contribution in [2.75, 3.05) is 17.6 Å². The number of nitrogens with one attached hydrogen (secondary N) is 1.